The molecule has 1 N–H and O–H groups in total. The van der Waals surface area contributed by atoms with E-state index >= 15 is 0 Å². The molecule has 31 heavy (non-hydrogen) atoms. The predicted molar refractivity (Wildman–Crippen MR) is 119 cm³/mol. The lowest BCUT2D eigenvalue weighted by Crippen LogP contribution is -2.27. The fraction of sp³-hybridized carbons (Fsp3) is 0.333. The van der Waals surface area contributed by atoms with E-state index in [1.165, 1.54) is 23.1 Å². The number of thioether (sulfide) groups is 1. The Morgan fingerprint density at radius 3 is 2.65 bits per heavy atom. The molecule has 0 spiro atoms. The Morgan fingerprint density at radius 2 is 1.90 bits per heavy atom. The molecular formula is C21H20N4O4S2. The Balaban J connectivity index is 1.17. The van der Waals surface area contributed by atoms with E-state index in [-0.39, 0.29) is 17.6 Å². The third kappa shape index (κ3) is 4.45. The summed E-state index contributed by atoms with van der Waals surface area (Å²) in [5.41, 5.74) is 1.35. The molecule has 0 unspecified atom stereocenters. The molecule has 160 valence electrons. The number of nitrogens with one attached hydrogen (secondary N) is 1. The number of benzene rings is 1. The molecule has 2 amide bonds. The van der Waals surface area contributed by atoms with Crippen molar-refractivity contribution in [3.63, 3.8) is 0 Å². The molecule has 0 radical (unpaired) electrons. The monoisotopic (exact) mass is 456 g/mol. The third-order valence-electron chi connectivity index (χ3n) is 5.03. The summed E-state index contributed by atoms with van der Waals surface area (Å²) < 4.78 is 12.1. The van der Waals surface area contributed by atoms with Crippen LogP contribution < -0.4 is 14.8 Å². The van der Waals surface area contributed by atoms with Gasteiger partial charge in [0.25, 0.3) is 5.91 Å². The average molecular weight is 457 g/mol. The number of fused-ring (bicyclic) bond motifs is 2. The largest absolute Gasteiger partial charge is 0.486 e. The number of pyridine rings is 1. The standard InChI is InChI=1S/C21H20N4O4S2/c26-18(12-30-19-4-3-13(11-22-19)20(27)25-5-1-2-6-25)24-21-23-14-9-15-16(10-17(14)31-21)29-8-7-28-15/h3-4,9-11H,1-2,5-8,12H2,(H,23,24,26). The molecule has 2 aliphatic heterocycles. The second-order valence-corrected chi connectivity index (χ2v) is 9.23. The number of aromatic nitrogens is 2. The zero-order valence-electron chi connectivity index (χ0n) is 16.6. The van der Waals surface area contributed by atoms with E-state index in [1.807, 2.05) is 17.0 Å². The summed E-state index contributed by atoms with van der Waals surface area (Å²) in [5, 5.41) is 4.06. The maximum Gasteiger partial charge on any atom is 0.255 e. The van der Waals surface area contributed by atoms with Crippen LogP contribution >= 0.6 is 23.1 Å². The van der Waals surface area contributed by atoms with Gasteiger partial charge in [0.1, 0.15) is 13.2 Å². The van der Waals surface area contributed by atoms with Crippen molar-refractivity contribution in [2.45, 2.75) is 17.9 Å². The van der Waals surface area contributed by atoms with Crippen LogP contribution in [0.15, 0.2) is 35.5 Å². The van der Waals surface area contributed by atoms with Crippen molar-refractivity contribution >= 4 is 50.3 Å². The molecule has 0 aliphatic carbocycles. The van der Waals surface area contributed by atoms with Gasteiger partial charge in [-0.15, -0.1) is 0 Å². The summed E-state index contributed by atoms with van der Waals surface area (Å²) in [5.74, 6) is 1.43. The van der Waals surface area contributed by atoms with Crippen LogP contribution in [0.3, 0.4) is 0 Å². The van der Waals surface area contributed by atoms with Crippen molar-refractivity contribution in [3.8, 4) is 11.5 Å². The SMILES string of the molecule is O=C(CSc1ccc(C(=O)N2CCCC2)cn1)Nc1nc2cc3c(cc2s1)OCCO3. The molecule has 8 nitrogen and oxygen atoms in total. The fourth-order valence-corrected chi connectivity index (χ4v) is 5.04. The number of likely N-dealkylation sites (tertiary alicyclic amines) is 1. The molecule has 2 aliphatic rings. The number of hydrogen-bond acceptors (Lipinski definition) is 8. The molecular weight excluding hydrogens is 436 g/mol. The van der Waals surface area contributed by atoms with Crippen molar-refractivity contribution in [1.29, 1.82) is 0 Å². The minimum atomic E-state index is -0.166. The first-order valence-corrected chi connectivity index (χ1v) is 11.8. The van der Waals surface area contributed by atoms with Gasteiger partial charge in [-0.3, -0.25) is 9.59 Å². The van der Waals surface area contributed by atoms with Crippen molar-refractivity contribution in [2.75, 3.05) is 37.4 Å². The molecule has 1 aromatic carbocycles. The molecule has 5 rings (SSSR count). The van der Waals surface area contributed by atoms with Crippen LogP contribution in [-0.4, -0.2) is 58.7 Å². The average Bonchev–Trinajstić information content (AvgIpc) is 3.45. The highest BCUT2D eigenvalue weighted by molar-refractivity contribution is 7.99. The van der Waals surface area contributed by atoms with Crippen molar-refractivity contribution in [1.82, 2.24) is 14.9 Å². The number of carbonyl (C=O) groups is 2. The first-order valence-electron chi connectivity index (χ1n) is 10.0. The third-order valence-corrected chi connectivity index (χ3v) is 6.90. The number of carbonyl (C=O) groups excluding carboxylic acids is 2. The minimum Gasteiger partial charge on any atom is -0.486 e. The van der Waals surface area contributed by atoms with Crippen LogP contribution in [0.1, 0.15) is 23.2 Å². The molecule has 0 bridgehead atoms. The van der Waals surface area contributed by atoms with Crippen LogP contribution in [0.5, 0.6) is 11.5 Å². The number of ether oxygens (including phenoxy) is 2. The van der Waals surface area contributed by atoms with Gasteiger partial charge >= 0.3 is 0 Å². The van der Waals surface area contributed by atoms with Crippen LogP contribution in [-0.2, 0) is 4.79 Å². The summed E-state index contributed by atoms with van der Waals surface area (Å²) in [6, 6.07) is 7.28. The smallest absolute Gasteiger partial charge is 0.255 e. The Labute approximate surface area is 187 Å². The van der Waals surface area contributed by atoms with E-state index in [1.54, 1.807) is 18.3 Å². The number of nitrogens with zero attached hydrogens (tertiary/aromatic N) is 3. The van der Waals surface area contributed by atoms with E-state index in [4.69, 9.17) is 9.47 Å². The topological polar surface area (TPSA) is 93.7 Å². The summed E-state index contributed by atoms with van der Waals surface area (Å²) in [7, 11) is 0. The van der Waals surface area contributed by atoms with E-state index in [0.717, 1.165) is 36.1 Å². The van der Waals surface area contributed by atoms with E-state index in [2.05, 4.69) is 15.3 Å². The van der Waals surface area contributed by atoms with Crippen LogP contribution in [0, 0.1) is 0 Å². The fourth-order valence-electron chi connectivity index (χ4n) is 3.51. The molecule has 0 saturated carbocycles. The van der Waals surface area contributed by atoms with Crippen LogP contribution in [0.25, 0.3) is 10.2 Å². The Hall–Kier alpha value is -2.85. The first-order chi connectivity index (χ1) is 15.2. The van der Waals surface area contributed by atoms with E-state index in [9.17, 15) is 9.59 Å². The Bertz CT molecular complexity index is 1080. The molecule has 10 heteroatoms. The number of hydrogen-bond donors (Lipinski definition) is 1. The Morgan fingerprint density at radius 1 is 1.13 bits per heavy atom. The normalized spacial score (nSPS) is 15.3. The number of rotatable bonds is 5. The molecule has 0 atom stereocenters. The predicted octanol–water partition coefficient (Wildman–Crippen LogP) is 3.43. The van der Waals surface area contributed by atoms with Gasteiger partial charge in [-0.1, -0.05) is 23.1 Å². The lowest BCUT2D eigenvalue weighted by atomic mass is 10.2. The maximum absolute atomic E-state index is 12.4. The van der Waals surface area contributed by atoms with Gasteiger partial charge in [0.15, 0.2) is 16.6 Å². The van der Waals surface area contributed by atoms with Crippen LogP contribution in [0.4, 0.5) is 5.13 Å². The first kappa shape index (κ1) is 20.1. The van der Waals surface area contributed by atoms with Gasteiger partial charge in [0.05, 0.1) is 26.6 Å². The highest BCUT2D eigenvalue weighted by Gasteiger charge is 2.20. The Kier molecular flexibility index (Phi) is 5.65. The van der Waals surface area contributed by atoms with Crippen LogP contribution in [0.2, 0.25) is 0 Å². The van der Waals surface area contributed by atoms with Gasteiger partial charge in [-0.2, -0.15) is 0 Å². The molecule has 3 aromatic rings. The molecule has 4 heterocycles. The lowest BCUT2D eigenvalue weighted by Gasteiger charge is -2.17. The summed E-state index contributed by atoms with van der Waals surface area (Å²) in [6.07, 6.45) is 3.70. The maximum atomic E-state index is 12.4. The number of anilines is 1. The van der Waals surface area contributed by atoms with Gasteiger partial charge in [0, 0.05) is 31.4 Å². The highest BCUT2D eigenvalue weighted by Crippen LogP contribution is 2.37. The second-order valence-electron chi connectivity index (χ2n) is 7.20. The van der Waals surface area contributed by atoms with Crippen molar-refractivity contribution < 1.29 is 19.1 Å². The number of amides is 2. The molecule has 1 fully saturated rings. The summed E-state index contributed by atoms with van der Waals surface area (Å²) >= 11 is 2.71. The minimum absolute atomic E-state index is 0.0209. The van der Waals surface area contributed by atoms with E-state index in [0.29, 0.717) is 40.4 Å². The van der Waals surface area contributed by atoms with Gasteiger partial charge in [0.2, 0.25) is 5.91 Å². The molecule has 1 saturated heterocycles. The van der Waals surface area contributed by atoms with Gasteiger partial charge < -0.3 is 19.7 Å². The summed E-state index contributed by atoms with van der Waals surface area (Å²) in [4.78, 5) is 35.4. The highest BCUT2D eigenvalue weighted by atomic mass is 32.2. The zero-order chi connectivity index (χ0) is 21.2. The molecule has 2 aromatic heterocycles. The van der Waals surface area contributed by atoms with Gasteiger partial charge in [-0.25, -0.2) is 9.97 Å². The quantitative estimate of drug-likeness (QED) is 0.588. The number of thiazole rings is 1. The van der Waals surface area contributed by atoms with Crippen molar-refractivity contribution in [2.24, 2.45) is 0 Å². The van der Waals surface area contributed by atoms with Crippen molar-refractivity contribution in [3.05, 3.63) is 36.0 Å². The summed E-state index contributed by atoms with van der Waals surface area (Å²) in [6.45, 7) is 2.67. The lowest BCUT2D eigenvalue weighted by molar-refractivity contribution is -0.113. The zero-order valence-corrected chi connectivity index (χ0v) is 18.3. The van der Waals surface area contributed by atoms with E-state index < -0.39 is 0 Å². The second kappa shape index (κ2) is 8.72. The van der Waals surface area contributed by atoms with Gasteiger partial charge in [-0.05, 0) is 25.0 Å².